The van der Waals surface area contributed by atoms with Gasteiger partial charge in [-0.15, -0.1) is 11.8 Å². The number of aryl methyl sites for hydroxylation is 1. The summed E-state index contributed by atoms with van der Waals surface area (Å²) in [5, 5.41) is 8.84. The fourth-order valence-electron chi connectivity index (χ4n) is 1.49. The van der Waals surface area contributed by atoms with E-state index >= 15 is 0 Å². The summed E-state index contributed by atoms with van der Waals surface area (Å²) in [6.45, 7) is 1.78. The van der Waals surface area contributed by atoms with E-state index in [-0.39, 0.29) is 5.76 Å². The Morgan fingerprint density at radius 1 is 1.44 bits per heavy atom. The monoisotopic (exact) mass is 326 g/mol. The summed E-state index contributed by atoms with van der Waals surface area (Å²) in [4.78, 5) is 11.9. The highest BCUT2D eigenvalue weighted by atomic mass is 79.9. The van der Waals surface area contributed by atoms with Crippen molar-refractivity contribution < 1.29 is 14.3 Å². The smallest absolute Gasteiger partial charge is 0.371 e. The van der Waals surface area contributed by atoms with Crippen LogP contribution in [0, 0.1) is 6.92 Å². The molecule has 1 aromatic carbocycles. The number of hydrogen-bond donors (Lipinski definition) is 1. The van der Waals surface area contributed by atoms with Gasteiger partial charge in [-0.1, -0.05) is 12.1 Å². The maximum absolute atomic E-state index is 10.8. The van der Waals surface area contributed by atoms with Crippen molar-refractivity contribution in [3.8, 4) is 0 Å². The number of carbonyl (C=O) groups is 1. The van der Waals surface area contributed by atoms with Gasteiger partial charge >= 0.3 is 5.97 Å². The fourth-order valence-corrected chi connectivity index (χ4v) is 3.09. The first-order chi connectivity index (χ1) is 8.58. The Balaban J connectivity index is 2.11. The molecule has 1 aromatic heterocycles. The maximum atomic E-state index is 10.8. The second-order valence-corrected chi connectivity index (χ2v) is 5.59. The van der Waals surface area contributed by atoms with E-state index in [0.717, 1.165) is 14.9 Å². The van der Waals surface area contributed by atoms with Gasteiger partial charge in [0.05, 0.1) is 0 Å². The van der Waals surface area contributed by atoms with Gasteiger partial charge in [0.2, 0.25) is 5.76 Å². The molecule has 94 valence electrons. The molecule has 1 heterocycles. The Labute approximate surface area is 117 Å². The zero-order chi connectivity index (χ0) is 13.1. The Morgan fingerprint density at radius 2 is 2.17 bits per heavy atom. The van der Waals surface area contributed by atoms with E-state index in [4.69, 9.17) is 9.52 Å². The Kier molecular flexibility index (Phi) is 4.14. The van der Waals surface area contributed by atoms with E-state index in [1.54, 1.807) is 24.8 Å². The summed E-state index contributed by atoms with van der Waals surface area (Å²) in [5.74, 6) is 0.308. The van der Waals surface area contributed by atoms with Crippen LogP contribution in [0.15, 0.2) is 44.1 Å². The lowest BCUT2D eigenvalue weighted by Gasteiger charge is -2.02. The molecule has 0 saturated carbocycles. The number of furan rings is 1. The van der Waals surface area contributed by atoms with Gasteiger partial charge in [0.25, 0.3) is 0 Å². The number of carboxylic acid groups (broad SMARTS) is 1. The molecule has 0 aliphatic rings. The van der Waals surface area contributed by atoms with Crippen molar-refractivity contribution >= 4 is 33.7 Å². The molecular formula is C13H11BrO3S. The summed E-state index contributed by atoms with van der Waals surface area (Å²) in [6.07, 6.45) is 0. The minimum atomic E-state index is -1.03. The molecule has 18 heavy (non-hydrogen) atoms. The summed E-state index contributed by atoms with van der Waals surface area (Å²) >= 11 is 5.12. The number of benzene rings is 1. The van der Waals surface area contributed by atoms with Crippen LogP contribution in [-0.2, 0) is 5.75 Å². The molecule has 5 heteroatoms. The van der Waals surface area contributed by atoms with Crippen molar-refractivity contribution in [3.63, 3.8) is 0 Å². The summed E-state index contributed by atoms with van der Waals surface area (Å²) in [6, 6.07) is 9.51. The highest BCUT2D eigenvalue weighted by Gasteiger charge is 2.13. The van der Waals surface area contributed by atoms with Crippen molar-refractivity contribution in [2.75, 3.05) is 0 Å². The van der Waals surface area contributed by atoms with E-state index in [0.29, 0.717) is 11.5 Å². The van der Waals surface area contributed by atoms with Gasteiger partial charge in [-0.05, 0) is 41.1 Å². The van der Waals surface area contributed by atoms with Crippen LogP contribution in [0.5, 0.6) is 0 Å². The van der Waals surface area contributed by atoms with Crippen LogP contribution in [0.25, 0.3) is 0 Å². The fraction of sp³-hybridized carbons (Fsp3) is 0.154. The van der Waals surface area contributed by atoms with Crippen LogP contribution in [0.4, 0.5) is 0 Å². The first-order valence-electron chi connectivity index (χ1n) is 5.28. The second-order valence-electron chi connectivity index (χ2n) is 3.72. The third-order valence-corrected chi connectivity index (χ3v) is 4.53. The average molecular weight is 327 g/mol. The zero-order valence-electron chi connectivity index (χ0n) is 9.64. The zero-order valence-corrected chi connectivity index (χ0v) is 12.0. The number of rotatable bonds is 4. The lowest BCUT2D eigenvalue weighted by Crippen LogP contribution is -1.91. The SMILES string of the molecule is Cc1oc(C(=O)O)cc1CSc1ccccc1Br. The topological polar surface area (TPSA) is 50.4 Å². The molecule has 0 saturated heterocycles. The van der Waals surface area contributed by atoms with E-state index in [1.165, 1.54) is 0 Å². The van der Waals surface area contributed by atoms with E-state index in [9.17, 15) is 4.79 Å². The molecular weight excluding hydrogens is 316 g/mol. The normalized spacial score (nSPS) is 10.6. The quantitative estimate of drug-likeness (QED) is 0.849. The summed E-state index contributed by atoms with van der Waals surface area (Å²) < 4.78 is 6.21. The minimum absolute atomic E-state index is 0.00442. The van der Waals surface area contributed by atoms with Gasteiger partial charge in [0.15, 0.2) is 0 Å². The lowest BCUT2D eigenvalue weighted by atomic mass is 10.3. The van der Waals surface area contributed by atoms with Crippen LogP contribution in [0.3, 0.4) is 0 Å². The number of hydrogen-bond acceptors (Lipinski definition) is 3. The Morgan fingerprint density at radius 3 is 2.78 bits per heavy atom. The molecule has 0 unspecified atom stereocenters. The molecule has 0 aliphatic carbocycles. The molecule has 1 N–H and O–H groups in total. The van der Waals surface area contributed by atoms with Crippen LogP contribution in [0.2, 0.25) is 0 Å². The predicted molar refractivity (Wildman–Crippen MR) is 74.1 cm³/mol. The van der Waals surface area contributed by atoms with Crippen LogP contribution in [-0.4, -0.2) is 11.1 Å². The molecule has 0 amide bonds. The third kappa shape index (κ3) is 2.97. The molecule has 0 bridgehead atoms. The molecule has 0 aliphatic heterocycles. The molecule has 0 atom stereocenters. The van der Waals surface area contributed by atoms with E-state index in [1.807, 2.05) is 24.3 Å². The molecule has 0 fully saturated rings. The van der Waals surface area contributed by atoms with Gasteiger partial charge in [0, 0.05) is 20.7 Å². The summed E-state index contributed by atoms with van der Waals surface area (Å²) in [5.41, 5.74) is 0.910. The second kappa shape index (κ2) is 5.63. The van der Waals surface area contributed by atoms with Crippen LogP contribution >= 0.6 is 27.7 Å². The molecule has 0 spiro atoms. The van der Waals surface area contributed by atoms with Crippen molar-refractivity contribution in [3.05, 3.63) is 51.9 Å². The third-order valence-electron chi connectivity index (χ3n) is 2.45. The largest absolute Gasteiger partial charge is 0.475 e. The molecule has 2 aromatic rings. The van der Waals surface area contributed by atoms with Crippen molar-refractivity contribution in [1.29, 1.82) is 0 Å². The minimum Gasteiger partial charge on any atom is -0.475 e. The van der Waals surface area contributed by atoms with Gasteiger partial charge in [-0.3, -0.25) is 0 Å². The van der Waals surface area contributed by atoms with Gasteiger partial charge < -0.3 is 9.52 Å². The molecule has 0 radical (unpaired) electrons. The standard InChI is InChI=1S/C13H11BrO3S/c1-8-9(6-11(17-8)13(15)16)7-18-12-5-3-2-4-10(12)14/h2-6H,7H2,1H3,(H,15,16). The van der Waals surface area contributed by atoms with Crippen molar-refractivity contribution in [1.82, 2.24) is 0 Å². The first kappa shape index (κ1) is 13.2. The highest BCUT2D eigenvalue weighted by Crippen LogP contribution is 2.31. The van der Waals surface area contributed by atoms with Crippen LogP contribution in [0.1, 0.15) is 21.9 Å². The Hall–Kier alpha value is -1.20. The lowest BCUT2D eigenvalue weighted by molar-refractivity contribution is 0.0661. The van der Waals surface area contributed by atoms with E-state index < -0.39 is 5.97 Å². The summed E-state index contributed by atoms with van der Waals surface area (Å²) in [7, 11) is 0. The number of aromatic carboxylic acids is 1. The Bertz CT molecular complexity index is 577. The number of halogens is 1. The number of carboxylic acids is 1. The van der Waals surface area contributed by atoms with E-state index in [2.05, 4.69) is 15.9 Å². The highest BCUT2D eigenvalue weighted by molar-refractivity contribution is 9.10. The van der Waals surface area contributed by atoms with Gasteiger partial charge in [0.1, 0.15) is 5.76 Å². The van der Waals surface area contributed by atoms with Gasteiger partial charge in [-0.25, -0.2) is 4.79 Å². The predicted octanol–water partition coefficient (Wildman–Crippen LogP) is 4.34. The average Bonchev–Trinajstić information content (AvgIpc) is 2.70. The van der Waals surface area contributed by atoms with Gasteiger partial charge in [-0.2, -0.15) is 0 Å². The first-order valence-corrected chi connectivity index (χ1v) is 7.05. The maximum Gasteiger partial charge on any atom is 0.371 e. The van der Waals surface area contributed by atoms with Crippen molar-refractivity contribution in [2.24, 2.45) is 0 Å². The molecule has 2 rings (SSSR count). The van der Waals surface area contributed by atoms with Crippen LogP contribution < -0.4 is 0 Å². The number of thioether (sulfide) groups is 1. The van der Waals surface area contributed by atoms with Crippen molar-refractivity contribution in [2.45, 2.75) is 17.6 Å². The molecule has 3 nitrogen and oxygen atoms in total.